The van der Waals surface area contributed by atoms with Gasteiger partial charge in [-0.3, -0.25) is 0 Å². The van der Waals surface area contributed by atoms with Crippen LogP contribution in [0.2, 0.25) is 0 Å². The zero-order valence-corrected chi connectivity index (χ0v) is 13.0. The van der Waals surface area contributed by atoms with E-state index in [1.54, 1.807) is 0 Å². The Hall–Kier alpha value is -1.02. The summed E-state index contributed by atoms with van der Waals surface area (Å²) >= 11 is 0. The van der Waals surface area contributed by atoms with Crippen molar-refractivity contribution in [2.24, 2.45) is 17.1 Å². The molecule has 2 nitrogen and oxygen atoms in total. The van der Waals surface area contributed by atoms with Crippen molar-refractivity contribution in [1.82, 2.24) is 0 Å². The lowest BCUT2D eigenvalue weighted by atomic mass is 9.62. The molecule has 1 heterocycles. The fourth-order valence-corrected chi connectivity index (χ4v) is 4.62. The molecule has 20 heavy (non-hydrogen) atoms. The summed E-state index contributed by atoms with van der Waals surface area (Å²) in [6.45, 7) is 7.86. The topological polar surface area (TPSA) is 35.2 Å². The maximum absolute atomic E-state index is 6.89. The lowest BCUT2D eigenvalue weighted by Crippen LogP contribution is -2.47. The summed E-state index contributed by atoms with van der Waals surface area (Å²) in [6, 6.07) is 6.54. The third kappa shape index (κ3) is 2.46. The van der Waals surface area contributed by atoms with Crippen molar-refractivity contribution in [3.8, 4) is 5.75 Å². The molecular weight excluding hydrogens is 246 g/mol. The summed E-state index contributed by atoms with van der Waals surface area (Å²) in [5.41, 5.74) is 9.55. The molecule has 0 bridgehead atoms. The first-order valence-electron chi connectivity index (χ1n) is 7.94. The summed E-state index contributed by atoms with van der Waals surface area (Å²) in [5, 5.41) is 0. The molecule has 2 unspecified atom stereocenters. The molecule has 3 rings (SSSR count). The number of aryl methyl sites for hydroxylation is 1. The SMILES string of the molecule is CC1CC(C)(C)CC(N)(c2cccc3c2OCCC3)C1. The van der Waals surface area contributed by atoms with Gasteiger partial charge in [0.2, 0.25) is 0 Å². The average Bonchev–Trinajstić information content (AvgIpc) is 2.35. The van der Waals surface area contributed by atoms with Crippen molar-refractivity contribution in [2.45, 2.75) is 58.4 Å². The number of ether oxygens (including phenoxy) is 1. The Balaban J connectivity index is 2.03. The number of para-hydroxylation sites is 1. The summed E-state index contributed by atoms with van der Waals surface area (Å²) < 4.78 is 6.00. The molecular formula is C18H27NO. The third-order valence-electron chi connectivity index (χ3n) is 4.88. The van der Waals surface area contributed by atoms with Gasteiger partial charge >= 0.3 is 0 Å². The van der Waals surface area contributed by atoms with Gasteiger partial charge in [-0.05, 0) is 49.0 Å². The van der Waals surface area contributed by atoms with E-state index < -0.39 is 0 Å². The van der Waals surface area contributed by atoms with Gasteiger partial charge in [0.05, 0.1) is 6.61 Å². The van der Waals surface area contributed by atoms with E-state index in [4.69, 9.17) is 10.5 Å². The van der Waals surface area contributed by atoms with E-state index in [1.807, 2.05) is 0 Å². The summed E-state index contributed by atoms with van der Waals surface area (Å²) in [5.74, 6) is 1.76. The van der Waals surface area contributed by atoms with Crippen LogP contribution in [0.5, 0.6) is 5.75 Å². The van der Waals surface area contributed by atoms with E-state index in [-0.39, 0.29) is 5.54 Å². The molecule has 2 atom stereocenters. The van der Waals surface area contributed by atoms with E-state index in [1.165, 1.54) is 17.5 Å². The monoisotopic (exact) mass is 273 g/mol. The molecule has 1 aromatic rings. The normalized spacial score (nSPS) is 32.3. The second-order valence-electron chi connectivity index (χ2n) is 7.76. The van der Waals surface area contributed by atoms with Crippen LogP contribution in [0.3, 0.4) is 0 Å². The van der Waals surface area contributed by atoms with Gasteiger partial charge in [0.25, 0.3) is 0 Å². The van der Waals surface area contributed by atoms with Gasteiger partial charge in [-0.25, -0.2) is 0 Å². The number of hydrogen-bond donors (Lipinski definition) is 1. The van der Waals surface area contributed by atoms with Crippen molar-refractivity contribution in [3.63, 3.8) is 0 Å². The fourth-order valence-electron chi connectivity index (χ4n) is 4.62. The van der Waals surface area contributed by atoms with Crippen LogP contribution in [-0.4, -0.2) is 6.61 Å². The van der Waals surface area contributed by atoms with Crippen molar-refractivity contribution in [3.05, 3.63) is 29.3 Å². The van der Waals surface area contributed by atoms with E-state index >= 15 is 0 Å². The molecule has 0 saturated heterocycles. The average molecular weight is 273 g/mol. The van der Waals surface area contributed by atoms with Crippen molar-refractivity contribution >= 4 is 0 Å². The standard InChI is InChI=1S/C18H27NO/c1-13-10-17(2,3)12-18(19,11-13)15-8-4-6-14-7-5-9-20-16(14)15/h4,6,8,13H,5,7,9-12,19H2,1-3H3. The largest absolute Gasteiger partial charge is 0.493 e. The molecule has 2 aliphatic rings. The maximum Gasteiger partial charge on any atom is 0.127 e. The van der Waals surface area contributed by atoms with Crippen molar-refractivity contribution in [2.75, 3.05) is 6.61 Å². The predicted octanol–water partition coefficient (Wildman–Crippen LogP) is 4.01. The Morgan fingerprint density at radius 1 is 1.25 bits per heavy atom. The van der Waals surface area contributed by atoms with Crippen LogP contribution in [0.15, 0.2) is 18.2 Å². The van der Waals surface area contributed by atoms with Crippen LogP contribution in [0.1, 0.15) is 57.6 Å². The Morgan fingerprint density at radius 2 is 2.05 bits per heavy atom. The molecule has 110 valence electrons. The minimum absolute atomic E-state index is 0.232. The van der Waals surface area contributed by atoms with Gasteiger partial charge < -0.3 is 10.5 Å². The highest BCUT2D eigenvalue weighted by Crippen LogP contribution is 2.50. The van der Waals surface area contributed by atoms with Gasteiger partial charge in [0.1, 0.15) is 5.75 Å². The van der Waals surface area contributed by atoms with Crippen LogP contribution < -0.4 is 10.5 Å². The number of nitrogens with two attached hydrogens (primary N) is 1. The highest BCUT2D eigenvalue weighted by molar-refractivity contribution is 5.47. The van der Waals surface area contributed by atoms with Crippen LogP contribution in [-0.2, 0) is 12.0 Å². The molecule has 0 amide bonds. The highest BCUT2D eigenvalue weighted by atomic mass is 16.5. The Morgan fingerprint density at radius 3 is 2.80 bits per heavy atom. The first kappa shape index (κ1) is 13.9. The second kappa shape index (κ2) is 4.77. The summed E-state index contributed by atoms with van der Waals surface area (Å²) in [4.78, 5) is 0. The molecule has 2 N–H and O–H groups in total. The minimum Gasteiger partial charge on any atom is -0.493 e. The van der Waals surface area contributed by atoms with Crippen molar-refractivity contribution in [1.29, 1.82) is 0 Å². The first-order chi connectivity index (χ1) is 9.40. The zero-order valence-electron chi connectivity index (χ0n) is 13.0. The molecule has 2 heteroatoms. The second-order valence-corrected chi connectivity index (χ2v) is 7.76. The molecule has 1 saturated carbocycles. The van der Waals surface area contributed by atoms with Gasteiger partial charge in [0.15, 0.2) is 0 Å². The molecule has 1 fully saturated rings. The van der Waals surface area contributed by atoms with E-state index in [0.717, 1.165) is 38.0 Å². The van der Waals surface area contributed by atoms with Crippen molar-refractivity contribution < 1.29 is 4.74 Å². The number of fused-ring (bicyclic) bond motifs is 1. The van der Waals surface area contributed by atoms with E-state index in [0.29, 0.717) is 11.3 Å². The highest BCUT2D eigenvalue weighted by Gasteiger charge is 2.43. The molecule has 1 aliphatic carbocycles. The lowest BCUT2D eigenvalue weighted by Gasteiger charge is -2.46. The number of benzene rings is 1. The van der Waals surface area contributed by atoms with Crippen LogP contribution in [0.25, 0.3) is 0 Å². The molecule has 0 radical (unpaired) electrons. The Labute approximate surface area is 122 Å². The van der Waals surface area contributed by atoms with Gasteiger partial charge in [0, 0.05) is 11.1 Å². The fraction of sp³-hybridized carbons (Fsp3) is 0.667. The van der Waals surface area contributed by atoms with Gasteiger partial charge in [-0.15, -0.1) is 0 Å². The first-order valence-corrected chi connectivity index (χ1v) is 7.94. The van der Waals surface area contributed by atoms with Crippen LogP contribution >= 0.6 is 0 Å². The van der Waals surface area contributed by atoms with Gasteiger partial charge in [-0.1, -0.05) is 39.0 Å². The Bertz CT molecular complexity index is 508. The lowest BCUT2D eigenvalue weighted by molar-refractivity contribution is 0.104. The summed E-state index contributed by atoms with van der Waals surface area (Å²) in [6.07, 6.45) is 5.62. The quantitative estimate of drug-likeness (QED) is 0.839. The summed E-state index contributed by atoms with van der Waals surface area (Å²) in [7, 11) is 0. The van der Waals surface area contributed by atoms with Crippen LogP contribution in [0.4, 0.5) is 0 Å². The number of rotatable bonds is 1. The van der Waals surface area contributed by atoms with Gasteiger partial charge in [-0.2, -0.15) is 0 Å². The maximum atomic E-state index is 6.89. The minimum atomic E-state index is -0.232. The zero-order chi connectivity index (χ0) is 14.4. The predicted molar refractivity (Wildman–Crippen MR) is 82.9 cm³/mol. The van der Waals surface area contributed by atoms with E-state index in [9.17, 15) is 0 Å². The number of hydrogen-bond acceptors (Lipinski definition) is 2. The van der Waals surface area contributed by atoms with E-state index in [2.05, 4.69) is 39.0 Å². The molecule has 0 aromatic heterocycles. The molecule has 0 spiro atoms. The molecule has 1 aromatic carbocycles. The van der Waals surface area contributed by atoms with Crippen LogP contribution in [0, 0.1) is 11.3 Å². The molecule has 1 aliphatic heterocycles. The Kier molecular flexibility index (Phi) is 3.32. The smallest absolute Gasteiger partial charge is 0.127 e. The third-order valence-corrected chi connectivity index (χ3v) is 4.88.